The van der Waals surface area contributed by atoms with Crippen molar-refractivity contribution in [3.8, 4) is 34.0 Å². The molecule has 9 heteroatoms. The summed E-state index contributed by atoms with van der Waals surface area (Å²) in [5, 5.41) is 9.00. The Morgan fingerprint density at radius 1 is 1.06 bits per heavy atom. The van der Waals surface area contributed by atoms with E-state index in [4.69, 9.17) is 14.0 Å². The number of ether oxygens (including phenoxy) is 2. The van der Waals surface area contributed by atoms with E-state index >= 15 is 0 Å². The molecule has 0 saturated carbocycles. The molecule has 7 nitrogen and oxygen atoms in total. The molecule has 1 amide bonds. The van der Waals surface area contributed by atoms with Crippen LogP contribution in [0.3, 0.4) is 0 Å². The molecule has 0 aliphatic rings. The van der Waals surface area contributed by atoms with E-state index in [0.717, 1.165) is 5.56 Å². The first-order chi connectivity index (χ1) is 15.0. The Morgan fingerprint density at radius 3 is 2.48 bits per heavy atom. The molecule has 0 saturated heterocycles. The number of aryl methyl sites for hydroxylation is 1. The quantitative estimate of drug-likeness (QED) is 0.445. The standard InChI is InChI=1S/C22H18FN3O4S/c1-12-19(20(26-30-12)13-4-7-15(23)8-5-13)21(27)25-22-24-16(11-31-22)14-6-9-17(28-2)18(10-14)29-3/h4-11H,1-3H3,(H,24,25,27). The molecule has 4 aromatic rings. The third-order valence-corrected chi connectivity index (χ3v) is 5.37. The summed E-state index contributed by atoms with van der Waals surface area (Å²) in [6, 6.07) is 11.2. The highest BCUT2D eigenvalue weighted by Crippen LogP contribution is 2.34. The molecule has 0 atom stereocenters. The van der Waals surface area contributed by atoms with Crippen molar-refractivity contribution in [3.05, 3.63) is 65.0 Å². The molecule has 0 aliphatic heterocycles. The van der Waals surface area contributed by atoms with Gasteiger partial charge in [-0.2, -0.15) is 0 Å². The maximum absolute atomic E-state index is 13.2. The van der Waals surface area contributed by atoms with Crippen LogP contribution < -0.4 is 14.8 Å². The van der Waals surface area contributed by atoms with Gasteiger partial charge in [-0.25, -0.2) is 9.37 Å². The summed E-state index contributed by atoms with van der Waals surface area (Å²) in [4.78, 5) is 17.4. The minimum absolute atomic E-state index is 0.273. The van der Waals surface area contributed by atoms with Gasteiger partial charge in [0.05, 0.1) is 19.9 Å². The van der Waals surface area contributed by atoms with E-state index in [2.05, 4.69) is 15.5 Å². The average molecular weight is 439 g/mol. The summed E-state index contributed by atoms with van der Waals surface area (Å²) in [6.45, 7) is 1.64. The summed E-state index contributed by atoms with van der Waals surface area (Å²) < 4.78 is 29.0. The predicted molar refractivity (Wildman–Crippen MR) is 115 cm³/mol. The zero-order chi connectivity index (χ0) is 22.0. The molecule has 158 valence electrons. The molecule has 0 aliphatic carbocycles. The lowest BCUT2D eigenvalue weighted by molar-refractivity contribution is 0.102. The molecule has 2 aromatic carbocycles. The smallest absolute Gasteiger partial charge is 0.263 e. The zero-order valence-electron chi connectivity index (χ0n) is 16.9. The van der Waals surface area contributed by atoms with Crippen molar-refractivity contribution in [2.45, 2.75) is 6.92 Å². The number of halogens is 1. The first-order valence-corrected chi connectivity index (χ1v) is 10.1. The van der Waals surface area contributed by atoms with Crippen molar-refractivity contribution in [3.63, 3.8) is 0 Å². The van der Waals surface area contributed by atoms with E-state index in [1.165, 1.54) is 23.5 Å². The fraction of sp³-hybridized carbons (Fsp3) is 0.136. The van der Waals surface area contributed by atoms with Crippen LogP contribution in [-0.4, -0.2) is 30.3 Å². The van der Waals surface area contributed by atoms with Crippen LogP contribution in [0.2, 0.25) is 0 Å². The van der Waals surface area contributed by atoms with Crippen LogP contribution in [0.5, 0.6) is 11.5 Å². The lowest BCUT2D eigenvalue weighted by Crippen LogP contribution is -2.13. The number of amides is 1. The van der Waals surface area contributed by atoms with Gasteiger partial charge in [0.25, 0.3) is 5.91 Å². The van der Waals surface area contributed by atoms with E-state index < -0.39 is 5.91 Å². The summed E-state index contributed by atoms with van der Waals surface area (Å²) in [5.41, 5.74) is 2.69. The number of nitrogens with zero attached hydrogens (tertiary/aromatic N) is 2. The van der Waals surface area contributed by atoms with Gasteiger partial charge in [0.1, 0.15) is 22.8 Å². The Kier molecular flexibility index (Phi) is 5.68. The molecule has 2 heterocycles. The molecular weight excluding hydrogens is 421 g/mol. The van der Waals surface area contributed by atoms with Crippen LogP contribution in [0, 0.1) is 12.7 Å². The second-order valence-electron chi connectivity index (χ2n) is 6.53. The van der Waals surface area contributed by atoms with Crippen molar-refractivity contribution >= 4 is 22.4 Å². The van der Waals surface area contributed by atoms with Crippen molar-refractivity contribution < 1.29 is 23.2 Å². The van der Waals surface area contributed by atoms with Crippen molar-refractivity contribution in [1.82, 2.24) is 10.1 Å². The van der Waals surface area contributed by atoms with Gasteiger partial charge < -0.3 is 14.0 Å². The molecule has 4 rings (SSSR count). The lowest BCUT2D eigenvalue weighted by Gasteiger charge is -2.08. The predicted octanol–water partition coefficient (Wildman–Crippen LogP) is 5.18. The van der Waals surface area contributed by atoms with Crippen molar-refractivity contribution in [2.24, 2.45) is 0 Å². The summed E-state index contributed by atoms with van der Waals surface area (Å²) in [6.07, 6.45) is 0. The second-order valence-corrected chi connectivity index (χ2v) is 7.39. The molecule has 0 spiro atoms. The van der Waals surface area contributed by atoms with Gasteiger partial charge in [0.2, 0.25) is 0 Å². The highest BCUT2D eigenvalue weighted by Gasteiger charge is 2.23. The minimum Gasteiger partial charge on any atom is -0.493 e. The number of rotatable bonds is 6. The van der Waals surface area contributed by atoms with Crippen molar-refractivity contribution in [2.75, 3.05) is 19.5 Å². The molecule has 0 fully saturated rings. The van der Waals surface area contributed by atoms with Gasteiger partial charge >= 0.3 is 0 Å². The van der Waals surface area contributed by atoms with Gasteiger partial charge in [-0.1, -0.05) is 5.16 Å². The Balaban J connectivity index is 1.58. The van der Waals surface area contributed by atoms with Crippen LogP contribution in [0.25, 0.3) is 22.5 Å². The minimum atomic E-state index is -0.411. The molecule has 31 heavy (non-hydrogen) atoms. The number of hydrogen-bond donors (Lipinski definition) is 1. The fourth-order valence-corrected chi connectivity index (χ4v) is 3.78. The molecule has 0 radical (unpaired) electrons. The normalized spacial score (nSPS) is 10.7. The molecule has 0 unspecified atom stereocenters. The topological polar surface area (TPSA) is 86.5 Å². The number of thiazole rings is 1. The molecule has 1 N–H and O–H groups in total. The van der Waals surface area contributed by atoms with Gasteiger partial charge in [-0.15, -0.1) is 11.3 Å². The number of methoxy groups -OCH3 is 2. The third kappa shape index (κ3) is 4.13. The summed E-state index contributed by atoms with van der Waals surface area (Å²) in [7, 11) is 3.13. The molecular formula is C22H18FN3O4S. The number of carbonyl (C=O) groups excluding carboxylic acids is 1. The number of hydrogen-bond acceptors (Lipinski definition) is 7. The SMILES string of the molecule is COc1ccc(-c2csc(NC(=O)c3c(-c4ccc(F)cc4)noc3C)n2)cc1OC. The number of aromatic nitrogens is 2. The van der Waals surface area contributed by atoms with Gasteiger partial charge in [-0.05, 0) is 49.4 Å². The molecule has 2 aromatic heterocycles. The van der Waals surface area contributed by atoms with Gasteiger partial charge in [0, 0.05) is 16.5 Å². The van der Waals surface area contributed by atoms with E-state index in [1.54, 1.807) is 39.3 Å². The first-order valence-electron chi connectivity index (χ1n) is 9.21. The fourth-order valence-electron chi connectivity index (χ4n) is 3.06. The van der Waals surface area contributed by atoms with Gasteiger partial charge in [0.15, 0.2) is 16.6 Å². The Bertz CT molecular complexity index is 1230. The monoisotopic (exact) mass is 439 g/mol. The van der Waals surface area contributed by atoms with E-state index in [1.807, 2.05) is 17.5 Å². The Hall–Kier alpha value is -3.72. The van der Waals surface area contributed by atoms with Crippen LogP contribution in [-0.2, 0) is 0 Å². The van der Waals surface area contributed by atoms with Crippen LogP contribution in [0.4, 0.5) is 9.52 Å². The highest BCUT2D eigenvalue weighted by atomic mass is 32.1. The second kappa shape index (κ2) is 8.57. The van der Waals surface area contributed by atoms with Crippen molar-refractivity contribution in [1.29, 1.82) is 0 Å². The third-order valence-electron chi connectivity index (χ3n) is 4.61. The zero-order valence-corrected chi connectivity index (χ0v) is 17.7. The van der Waals surface area contributed by atoms with Gasteiger partial charge in [-0.3, -0.25) is 10.1 Å². The maximum atomic E-state index is 13.2. The van der Waals surface area contributed by atoms with Crippen LogP contribution >= 0.6 is 11.3 Å². The van der Waals surface area contributed by atoms with Crippen LogP contribution in [0.15, 0.2) is 52.4 Å². The lowest BCUT2D eigenvalue weighted by atomic mass is 10.1. The first kappa shape index (κ1) is 20.5. The maximum Gasteiger partial charge on any atom is 0.263 e. The van der Waals surface area contributed by atoms with E-state index in [0.29, 0.717) is 39.3 Å². The van der Waals surface area contributed by atoms with E-state index in [9.17, 15) is 9.18 Å². The number of carbonyl (C=O) groups is 1. The molecule has 0 bridgehead atoms. The Labute approximate surface area is 181 Å². The van der Waals surface area contributed by atoms with Crippen LogP contribution in [0.1, 0.15) is 16.1 Å². The largest absolute Gasteiger partial charge is 0.493 e. The number of benzene rings is 2. The number of nitrogens with one attached hydrogen (secondary N) is 1. The summed E-state index contributed by atoms with van der Waals surface area (Å²) in [5.74, 6) is 0.772. The van der Waals surface area contributed by atoms with E-state index in [-0.39, 0.29) is 11.4 Å². The number of anilines is 1. The summed E-state index contributed by atoms with van der Waals surface area (Å²) >= 11 is 1.29. The average Bonchev–Trinajstić information content (AvgIpc) is 3.40. The highest BCUT2D eigenvalue weighted by molar-refractivity contribution is 7.14. The Morgan fingerprint density at radius 2 is 1.77 bits per heavy atom.